The predicted molar refractivity (Wildman–Crippen MR) is 62.8 cm³/mol. The minimum atomic E-state index is -3.05. The molecule has 84 valence electrons. The lowest BCUT2D eigenvalue weighted by Crippen LogP contribution is -2.06. The van der Waals surface area contributed by atoms with Gasteiger partial charge in [-0.15, -0.1) is 0 Å². The van der Waals surface area contributed by atoms with E-state index >= 15 is 0 Å². The molecule has 3 heteroatoms. The molecule has 0 aliphatic heterocycles. The second kappa shape index (κ2) is 5.31. The van der Waals surface area contributed by atoms with E-state index in [1.165, 1.54) is 0 Å². The molecule has 0 spiro atoms. The maximum atomic E-state index is 11.8. The highest BCUT2D eigenvalue weighted by molar-refractivity contribution is 7.91. The number of hydrogen-bond acceptors (Lipinski definition) is 2. The quantitative estimate of drug-likeness (QED) is 0.723. The van der Waals surface area contributed by atoms with Crippen molar-refractivity contribution in [3.8, 4) is 0 Å². The van der Waals surface area contributed by atoms with Crippen LogP contribution in [0.5, 0.6) is 0 Å². The largest absolute Gasteiger partial charge is 0.224 e. The molecule has 0 aliphatic carbocycles. The Labute approximate surface area is 92.2 Å². The Morgan fingerprint density at radius 1 is 1.07 bits per heavy atom. The van der Waals surface area contributed by atoms with E-state index in [1.54, 1.807) is 12.1 Å². The Morgan fingerprint density at radius 2 is 1.67 bits per heavy atom. The van der Waals surface area contributed by atoms with Crippen molar-refractivity contribution in [2.24, 2.45) is 0 Å². The van der Waals surface area contributed by atoms with Gasteiger partial charge in [0.1, 0.15) is 0 Å². The van der Waals surface area contributed by atoms with Gasteiger partial charge in [0.2, 0.25) is 0 Å². The summed E-state index contributed by atoms with van der Waals surface area (Å²) in [5.41, 5.74) is 1.09. The van der Waals surface area contributed by atoms with E-state index in [0.717, 1.165) is 24.8 Å². The maximum absolute atomic E-state index is 11.8. The number of rotatable bonds is 5. The SMILES string of the molecule is CCCCCS(=O)(=O)c1ccc(C)cc1. The Morgan fingerprint density at radius 3 is 2.20 bits per heavy atom. The van der Waals surface area contributed by atoms with E-state index in [9.17, 15) is 8.42 Å². The molecule has 1 aromatic carbocycles. The molecule has 15 heavy (non-hydrogen) atoms. The van der Waals surface area contributed by atoms with Crippen LogP contribution >= 0.6 is 0 Å². The van der Waals surface area contributed by atoms with Gasteiger partial charge in [0.15, 0.2) is 9.84 Å². The highest BCUT2D eigenvalue weighted by atomic mass is 32.2. The van der Waals surface area contributed by atoms with Crippen LogP contribution in [0.4, 0.5) is 0 Å². The molecule has 0 radical (unpaired) electrons. The molecule has 0 unspecified atom stereocenters. The van der Waals surface area contributed by atoms with E-state index in [2.05, 4.69) is 6.92 Å². The lowest BCUT2D eigenvalue weighted by molar-refractivity contribution is 0.591. The van der Waals surface area contributed by atoms with Crippen LogP contribution in [0.1, 0.15) is 31.7 Å². The smallest absolute Gasteiger partial charge is 0.178 e. The van der Waals surface area contributed by atoms with Gasteiger partial charge < -0.3 is 0 Å². The van der Waals surface area contributed by atoms with E-state index in [0.29, 0.717) is 4.90 Å². The van der Waals surface area contributed by atoms with Gasteiger partial charge in [-0.2, -0.15) is 0 Å². The number of unbranched alkanes of at least 4 members (excludes halogenated alkanes) is 2. The topological polar surface area (TPSA) is 34.1 Å². The molecule has 0 aliphatic rings. The van der Waals surface area contributed by atoms with Crippen molar-refractivity contribution in [1.29, 1.82) is 0 Å². The zero-order valence-electron chi connectivity index (χ0n) is 9.36. The Balaban J connectivity index is 2.73. The van der Waals surface area contributed by atoms with Crippen molar-refractivity contribution >= 4 is 9.84 Å². The fraction of sp³-hybridized carbons (Fsp3) is 0.500. The van der Waals surface area contributed by atoms with Gasteiger partial charge in [-0.1, -0.05) is 37.5 Å². The van der Waals surface area contributed by atoms with E-state index < -0.39 is 9.84 Å². The molecule has 0 saturated heterocycles. The van der Waals surface area contributed by atoms with Gasteiger partial charge in [0, 0.05) is 0 Å². The fourth-order valence-electron chi connectivity index (χ4n) is 1.41. The Bertz CT molecular complexity index is 390. The van der Waals surface area contributed by atoms with Crippen LogP contribution in [0.15, 0.2) is 29.2 Å². The minimum absolute atomic E-state index is 0.268. The highest BCUT2D eigenvalue weighted by Gasteiger charge is 2.12. The third-order valence-electron chi connectivity index (χ3n) is 2.40. The highest BCUT2D eigenvalue weighted by Crippen LogP contribution is 2.13. The fourth-order valence-corrected chi connectivity index (χ4v) is 2.78. The van der Waals surface area contributed by atoms with Crippen LogP contribution in [-0.2, 0) is 9.84 Å². The standard InChI is InChI=1S/C12H18O2S/c1-3-4-5-10-15(13,14)12-8-6-11(2)7-9-12/h6-9H,3-5,10H2,1-2H3. The average molecular weight is 226 g/mol. The maximum Gasteiger partial charge on any atom is 0.178 e. The molecule has 0 aromatic heterocycles. The van der Waals surface area contributed by atoms with Gasteiger partial charge in [-0.05, 0) is 25.5 Å². The summed E-state index contributed by atoms with van der Waals surface area (Å²) in [6, 6.07) is 7.06. The third-order valence-corrected chi connectivity index (χ3v) is 4.21. The summed E-state index contributed by atoms with van der Waals surface area (Å²) in [6.45, 7) is 4.02. The third kappa shape index (κ3) is 3.67. The summed E-state index contributed by atoms with van der Waals surface area (Å²) in [6.07, 6.45) is 2.78. The molecule has 0 heterocycles. The summed E-state index contributed by atoms with van der Waals surface area (Å²) in [7, 11) is -3.05. The summed E-state index contributed by atoms with van der Waals surface area (Å²) in [5, 5.41) is 0. The Hall–Kier alpha value is -0.830. The summed E-state index contributed by atoms with van der Waals surface area (Å²) >= 11 is 0. The first kappa shape index (κ1) is 12.2. The summed E-state index contributed by atoms with van der Waals surface area (Å²) in [4.78, 5) is 0.448. The molecule has 0 fully saturated rings. The molecular weight excluding hydrogens is 208 g/mol. The first-order chi connectivity index (χ1) is 7.06. The van der Waals surface area contributed by atoms with Crippen LogP contribution in [0.3, 0.4) is 0 Å². The molecular formula is C12H18O2S. The van der Waals surface area contributed by atoms with E-state index in [4.69, 9.17) is 0 Å². The number of aryl methyl sites for hydroxylation is 1. The van der Waals surface area contributed by atoms with Gasteiger partial charge in [-0.25, -0.2) is 8.42 Å². The van der Waals surface area contributed by atoms with Crippen molar-refractivity contribution in [3.05, 3.63) is 29.8 Å². The average Bonchev–Trinajstić information content (AvgIpc) is 2.18. The predicted octanol–water partition coefficient (Wildman–Crippen LogP) is 2.96. The zero-order valence-corrected chi connectivity index (χ0v) is 10.2. The second-order valence-corrected chi connectivity index (χ2v) is 5.95. The van der Waals surface area contributed by atoms with Crippen LogP contribution in [0, 0.1) is 6.92 Å². The van der Waals surface area contributed by atoms with Crippen molar-refractivity contribution in [2.45, 2.75) is 38.0 Å². The first-order valence-electron chi connectivity index (χ1n) is 5.35. The van der Waals surface area contributed by atoms with Crippen LogP contribution < -0.4 is 0 Å². The van der Waals surface area contributed by atoms with Gasteiger partial charge in [-0.3, -0.25) is 0 Å². The first-order valence-corrected chi connectivity index (χ1v) is 7.01. The summed E-state index contributed by atoms with van der Waals surface area (Å²) in [5.74, 6) is 0.268. The number of benzene rings is 1. The number of sulfone groups is 1. The molecule has 0 N–H and O–H groups in total. The molecule has 0 atom stereocenters. The van der Waals surface area contributed by atoms with Gasteiger partial charge in [0.05, 0.1) is 10.6 Å². The van der Waals surface area contributed by atoms with Gasteiger partial charge in [0.25, 0.3) is 0 Å². The lowest BCUT2D eigenvalue weighted by atomic mass is 10.2. The van der Waals surface area contributed by atoms with Gasteiger partial charge >= 0.3 is 0 Å². The van der Waals surface area contributed by atoms with Crippen LogP contribution in [0.25, 0.3) is 0 Å². The monoisotopic (exact) mass is 226 g/mol. The Kier molecular flexibility index (Phi) is 4.33. The van der Waals surface area contributed by atoms with Crippen molar-refractivity contribution in [3.63, 3.8) is 0 Å². The van der Waals surface area contributed by atoms with E-state index in [1.807, 2.05) is 19.1 Å². The molecule has 0 bridgehead atoms. The van der Waals surface area contributed by atoms with E-state index in [-0.39, 0.29) is 5.75 Å². The van der Waals surface area contributed by atoms with Crippen molar-refractivity contribution in [2.75, 3.05) is 5.75 Å². The van der Waals surface area contributed by atoms with Crippen LogP contribution in [0.2, 0.25) is 0 Å². The molecule has 0 saturated carbocycles. The molecule has 2 nitrogen and oxygen atoms in total. The number of hydrogen-bond donors (Lipinski definition) is 0. The normalized spacial score (nSPS) is 11.6. The molecule has 1 rings (SSSR count). The molecule has 0 amide bonds. The molecule has 1 aromatic rings. The minimum Gasteiger partial charge on any atom is -0.224 e. The van der Waals surface area contributed by atoms with Crippen molar-refractivity contribution in [1.82, 2.24) is 0 Å². The second-order valence-electron chi connectivity index (χ2n) is 3.84. The zero-order chi connectivity index (χ0) is 11.3. The summed E-state index contributed by atoms with van der Waals surface area (Å²) < 4.78 is 23.6. The van der Waals surface area contributed by atoms with Crippen molar-refractivity contribution < 1.29 is 8.42 Å². The lowest BCUT2D eigenvalue weighted by Gasteiger charge is -2.04. The van der Waals surface area contributed by atoms with Crippen LogP contribution in [-0.4, -0.2) is 14.2 Å².